The summed E-state index contributed by atoms with van der Waals surface area (Å²) in [7, 11) is -2.01. The Bertz CT molecular complexity index is 622. The third-order valence-corrected chi connectivity index (χ3v) is 4.96. The lowest BCUT2D eigenvalue weighted by molar-refractivity contribution is 0.588. The van der Waals surface area contributed by atoms with E-state index < -0.39 is 10.0 Å². The van der Waals surface area contributed by atoms with Crippen LogP contribution in [0, 0.1) is 0 Å². The molecule has 2 aromatic rings. The topological polar surface area (TPSA) is 58.2 Å². The molecule has 0 atom stereocenters. The summed E-state index contributed by atoms with van der Waals surface area (Å²) in [4.78, 5) is 0.280. The van der Waals surface area contributed by atoms with Gasteiger partial charge in [0.2, 0.25) is 10.0 Å². The predicted molar refractivity (Wildman–Crippen MR) is 79.2 cm³/mol. The molecule has 0 amide bonds. The molecule has 2 rings (SSSR count). The molecule has 0 fully saturated rings. The van der Waals surface area contributed by atoms with Crippen LogP contribution in [0.2, 0.25) is 0 Å². The smallest absolute Gasteiger partial charge is 0.242 e. The normalized spacial score (nSPS) is 11.4. The summed E-state index contributed by atoms with van der Waals surface area (Å²) in [5, 5.41) is 7.31. The van der Waals surface area contributed by atoms with E-state index in [4.69, 9.17) is 0 Å². The molecule has 4 nitrogen and oxygen atoms in total. The molecule has 1 heterocycles. The molecular weight excluding hydrogens is 280 g/mol. The van der Waals surface area contributed by atoms with Crippen LogP contribution in [0.1, 0.15) is 5.56 Å². The molecule has 2 N–H and O–H groups in total. The van der Waals surface area contributed by atoms with Crippen molar-refractivity contribution in [2.24, 2.45) is 0 Å². The van der Waals surface area contributed by atoms with Crippen molar-refractivity contribution in [3.63, 3.8) is 0 Å². The number of rotatable bonds is 6. The van der Waals surface area contributed by atoms with Crippen LogP contribution in [0.4, 0.5) is 5.69 Å². The van der Waals surface area contributed by atoms with Gasteiger partial charge in [0.1, 0.15) is 4.90 Å². The molecular formula is C13H16N2O2S2. The quantitative estimate of drug-likeness (QED) is 0.860. The molecule has 1 aromatic carbocycles. The molecule has 6 heteroatoms. The molecule has 0 aliphatic rings. The highest BCUT2D eigenvalue weighted by atomic mass is 32.2. The van der Waals surface area contributed by atoms with Gasteiger partial charge in [0.15, 0.2) is 0 Å². The zero-order chi connectivity index (χ0) is 13.7. The van der Waals surface area contributed by atoms with E-state index in [1.165, 1.54) is 12.6 Å². The number of para-hydroxylation sites is 1. The summed E-state index contributed by atoms with van der Waals surface area (Å²) in [5.74, 6) is 0. The number of anilines is 1. The summed E-state index contributed by atoms with van der Waals surface area (Å²) < 4.78 is 26.1. The van der Waals surface area contributed by atoms with Crippen LogP contribution in [0.5, 0.6) is 0 Å². The van der Waals surface area contributed by atoms with E-state index in [1.807, 2.05) is 11.4 Å². The van der Waals surface area contributed by atoms with Gasteiger partial charge in [0.05, 0.1) is 5.69 Å². The van der Waals surface area contributed by atoms with Crippen molar-refractivity contribution in [2.45, 2.75) is 11.3 Å². The van der Waals surface area contributed by atoms with Crippen LogP contribution >= 0.6 is 11.3 Å². The SMILES string of the molecule is CNS(=O)(=O)c1ccccc1NCCc1ccsc1. The molecule has 1 aromatic heterocycles. The Balaban J connectivity index is 2.08. The highest BCUT2D eigenvalue weighted by molar-refractivity contribution is 7.89. The zero-order valence-corrected chi connectivity index (χ0v) is 12.2. The van der Waals surface area contributed by atoms with Gasteiger partial charge in [-0.25, -0.2) is 13.1 Å². The van der Waals surface area contributed by atoms with E-state index in [0.29, 0.717) is 12.2 Å². The van der Waals surface area contributed by atoms with Crippen molar-refractivity contribution in [2.75, 3.05) is 18.9 Å². The molecule has 0 spiro atoms. The lowest BCUT2D eigenvalue weighted by atomic mass is 10.2. The average Bonchev–Trinajstić information content (AvgIpc) is 2.92. The summed E-state index contributed by atoms with van der Waals surface area (Å²) in [6, 6.07) is 8.98. The monoisotopic (exact) mass is 296 g/mol. The van der Waals surface area contributed by atoms with Gasteiger partial charge in [-0.05, 0) is 48.0 Å². The van der Waals surface area contributed by atoms with Gasteiger partial charge in [-0.1, -0.05) is 12.1 Å². The maximum Gasteiger partial charge on any atom is 0.242 e. The number of hydrogen-bond acceptors (Lipinski definition) is 4. The summed E-state index contributed by atoms with van der Waals surface area (Å²) in [5.41, 5.74) is 1.89. The van der Waals surface area contributed by atoms with E-state index in [1.54, 1.807) is 29.5 Å². The number of sulfonamides is 1. The van der Waals surface area contributed by atoms with Crippen LogP contribution in [-0.4, -0.2) is 22.0 Å². The van der Waals surface area contributed by atoms with Crippen molar-refractivity contribution in [3.05, 3.63) is 46.7 Å². The predicted octanol–water partition coefficient (Wildman–Crippen LogP) is 2.31. The summed E-state index contributed by atoms with van der Waals surface area (Å²) in [6.07, 6.45) is 0.872. The number of thiophene rings is 1. The fourth-order valence-electron chi connectivity index (χ4n) is 1.73. The molecule has 0 unspecified atom stereocenters. The van der Waals surface area contributed by atoms with Crippen molar-refractivity contribution >= 4 is 27.0 Å². The molecule has 102 valence electrons. The van der Waals surface area contributed by atoms with Crippen LogP contribution in [0.25, 0.3) is 0 Å². The second kappa shape index (κ2) is 6.18. The van der Waals surface area contributed by atoms with Gasteiger partial charge in [-0.15, -0.1) is 0 Å². The number of hydrogen-bond donors (Lipinski definition) is 2. The average molecular weight is 296 g/mol. The van der Waals surface area contributed by atoms with Crippen molar-refractivity contribution in [3.8, 4) is 0 Å². The highest BCUT2D eigenvalue weighted by Crippen LogP contribution is 2.20. The van der Waals surface area contributed by atoms with Crippen LogP contribution in [0.3, 0.4) is 0 Å². The Hall–Kier alpha value is -1.37. The van der Waals surface area contributed by atoms with Gasteiger partial charge in [0, 0.05) is 6.54 Å². The second-order valence-electron chi connectivity index (χ2n) is 4.01. The van der Waals surface area contributed by atoms with E-state index in [-0.39, 0.29) is 4.90 Å². The van der Waals surface area contributed by atoms with Crippen molar-refractivity contribution in [1.82, 2.24) is 4.72 Å². The van der Waals surface area contributed by atoms with E-state index >= 15 is 0 Å². The lowest BCUT2D eigenvalue weighted by Crippen LogP contribution is -2.20. The molecule has 0 saturated heterocycles. The Morgan fingerprint density at radius 1 is 1.21 bits per heavy atom. The second-order valence-corrected chi connectivity index (χ2v) is 6.65. The minimum Gasteiger partial charge on any atom is -0.384 e. The summed E-state index contributed by atoms with van der Waals surface area (Å²) in [6.45, 7) is 0.701. The van der Waals surface area contributed by atoms with Gasteiger partial charge in [-0.3, -0.25) is 0 Å². The van der Waals surface area contributed by atoms with E-state index in [2.05, 4.69) is 21.5 Å². The molecule has 0 aliphatic carbocycles. The molecule has 0 bridgehead atoms. The lowest BCUT2D eigenvalue weighted by Gasteiger charge is -2.11. The Labute approximate surface area is 117 Å². The summed E-state index contributed by atoms with van der Waals surface area (Å²) >= 11 is 1.66. The first-order valence-electron chi connectivity index (χ1n) is 5.91. The molecule has 0 radical (unpaired) electrons. The largest absolute Gasteiger partial charge is 0.384 e. The molecule has 0 aliphatic heterocycles. The van der Waals surface area contributed by atoms with Gasteiger partial charge in [-0.2, -0.15) is 11.3 Å². The Morgan fingerprint density at radius 3 is 2.68 bits per heavy atom. The number of benzene rings is 1. The maximum atomic E-state index is 11.9. The van der Waals surface area contributed by atoms with Crippen LogP contribution in [0.15, 0.2) is 46.0 Å². The van der Waals surface area contributed by atoms with Crippen LogP contribution < -0.4 is 10.0 Å². The maximum absolute atomic E-state index is 11.9. The Morgan fingerprint density at radius 2 is 2.00 bits per heavy atom. The minimum atomic E-state index is -3.42. The van der Waals surface area contributed by atoms with Gasteiger partial charge in [0.25, 0.3) is 0 Å². The Kier molecular flexibility index (Phi) is 4.57. The first kappa shape index (κ1) is 14.0. The fourth-order valence-corrected chi connectivity index (χ4v) is 3.34. The highest BCUT2D eigenvalue weighted by Gasteiger charge is 2.15. The zero-order valence-electron chi connectivity index (χ0n) is 10.6. The first-order chi connectivity index (χ1) is 9.13. The van der Waals surface area contributed by atoms with E-state index in [0.717, 1.165) is 6.42 Å². The van der Waals surface area contributed by atoms with E-state index in [9.17, 15) is 8.42 Å². The third kappa shape index (κ3) is 3.56. The molecule has 19 heavy (non-hydrogen) atoms. The third-order valence-electron chi connectivity index (χ3n) is 2.75. The number of nitrogens with one attached hydrogen (secondary N) is 2. The van der Waals surface area contributed by atoms with Crippen molar-refractivity contribution < 1.29 is 8.42 Å². The fraction of sp³-hybridized carbons (Fsp3) is 0.231. The van der Waals surface area contributed by atoms with Gasteiger partial charge >= 0.3 is 0 Å². The van der Waals surface area contributed by atoms with Crippen molar-refractivity contribution in [1.29, 1.82) is 0 Å². The standard InChI is InChI=1S/C13H16N2O2S2/c1-14-19(16,17)13-5-3-2-4-12(13)15-8-6-11-7-9-18-10-11/h2-5,7,9-10,14-15H,6,8H2,1H3. The molecule has 0 saturated carbocycles. The van der Waals surface area contributed by atoms with Crippen LogP contribution in [-0.2, 0) is 16.4 Å². The van der Waals surface area contributed by atoms with Gasteiger partial charge < -0.3 is 5.32 Å². The minimum absolute atomic E-state index is 0.280. The first-order valence-corrected chi connectivity index (χ1v) is 8.33.